The molecule has 1 saturated carbocycles. The Kier molecular flexibility index (Phi) is 7.11. The molecule has 7 heteroatoms. The van der Waals surface area contributed by atoms with Gasteiger partial charge in [-0.25, -0.2) is 0 Å². The summed E-state index contributed by atoms with van der Waals surface area (Å²) in [7, 11) is 0. The summed E-state index contributed by atoms with van der Waals surface area (Å²) in [5, 5.41) is 0. The molecule has 5 rings (SSSR count). The number of amides is 2. The van der Waals surface area contributed by atoms with Crippen molar-refractivity contribution >= 4 is 23.3 Å². The lowest BCUT2D eigenvalue weighted by atomic mass is 9.92. The number of Topliss-reactive ketones (excluding diaryl/α,β-unsaturated/α-hetero) is 1. The van der Waals surface area contributed by atoms with E-state index < -0.39 is 11.7 Å². The van der Waals surface area contributed by atoms with Gasteiger partial charge in [-0.15, -0.1) is 0 Å². The fourth-order valence-corrected chi connectivity index (χ4v) is 5.91. The van der Waals surface area contributed by atoms with Crippen molar-refractivity contribution in [3.05, 3.63) is 41.1 Å². The summed E-state index contributed by atoms with van der Waals surface area (Å²) < 4.78 is 5.47. The summed E-state index contributed by atoms with van der Waals surface area (Å²) in [5.41, 5.74) is 2.98. The molecule has 2 fully saturated rings. The molecule has 0 spiro atoms. The van der Waals surface area contributed by atoms with Gasteiger partial charge in [0.1, 0.15) is 0 Å². The average Bonchev–Trinajstić information content (AvgIpc) is 2.85. The molecule has 34 heavy (non-hydrogen) atoms. The van der Waals surface area contributed by atoms with Gasteiger partial charge < -0.3 is 9.64 Å². The second-order valence-corrected chi connectivity index (χ2v) is 9.92. The molecule has 0 N–H and O–H groups in total. The molecule has 1 aromatic carbocycles. The third-order valence-electron chi connectivity index (χ3n) is 7.79. The summed E-state index contributed by atoms with van der Waals surface area (Å²) in [4.78, 5) is 45.5. The molecule has 0 radical (unpaired) electrons. The van der Waals surface area contributed by atoms with Crippen molar-refractivity contribution in [3.63, 3.8) is 0 Å². The van der Waals surface area contributed by atoms with Gasteiger partial charge in [-0.2, -0.15) is 0 Å². The molecule has 182 valence electrons. The number of ether oxygens (including phenoxy) is 1. The third kappa shape index (κ3) is 4.68. The molecule has 0 unspecified atom stereocenters. The molecule has 7 nitrogen and oxygen atoms in total. The monoisotopic (exact) mass is 465 g/mol. The van der Waals surface area contributed by atoms with E-state index in [1.165, 1.54) is 44.9 Å². The second kappa shape index (κ2) is 10.4. The molecule has 1 aliphatic carbocycles. The number of anilines is 1. The van der Waals surface area contributed by atoms with Crippen LogP contribution in [-0.2, 0) is 25.5 Å². The van der Waals surface area contributed by atoms with Crippen molar-refractivity contribution in [1.29, 1.82) is 0 Å². The van der Waals surface area contributed by atoms with Gasteiger partial charge in [-0.1, -0.05) is 50.3 Å². The molecule has 4 aliphatic rings. The van der Waals surface area contributed by atoms with Gasteiger partial charge in [0.2, 0.25) is 5.78 Å². The van der Waals surface area contributed by atoms with E-state index in [0.29, 0.717) is 56.6 Å². The van der Waals surface area contributed by atoms with Gasteiger partial charge in [-0.3, -0.25) is 24.2 Å². The zero-order valence-electron chi connectivity index (χ0n) is 20.0. The minimum atomic E-state index is -0.514. The van der Waals surface area contributed by atoms with E-state index in [0.717, 1.165) is 17.8 Å². The Morgan fingerprint density at radius 3 is 2.38 bits per heavy atom. The van der Waals surface area contributed by atoms with Crippen molar-refractivity contribution in [3.8, 4) is 0 Å². The Morgan fingerprint density at radius 1 is 0.912 bits per heavy atom. The first-order valence-corrected chi connectivity index (χ1v) is 12.9. The van der Waals surface area contributed by atoms with Crippen LogP contribution in [0.1, 0.15) is 56.9 Å². The number of para-hydroxylation sites is 1. The molecule has 3 heterocycles. The summed E-state index contributed by atoms with van der Waals surface area (Å²) in [6, 6.07) is 8.05. The molecule has 0 aromatic heterocycles. The van der Waals surface area contributed by atoms with Crippen LogP contribution in [0.4, 0.5) is 5.69 Å². The third-order valence-corrected chi connectivity index (χ3v) is 7.79. The van der Waals surface area contributed by atoms with Crippen molar-refractivity contribution in [1.82, 2.24) is 9.80 Å². The fraction of sp³-hybridized carbons (Fsp3) is 0.593. The van der Waals surface area contributed by atoms with E-state index in [1.54, 1.807) is 4.90 Å². The molecule has 0 bridgehead atoms. The molecule has 0 atom stereocenters. The zero-order valence-corrected chi connectivity index (χ0v) is 20.0. The first-order valence-electron chi connectivity index (χ1n) is 12.9. The van der Waals surface area contributed by atoms with Crippen LogP contribution in [-0.4, -0.2) is 72.8 Å². The second-order valence-electron chi connectivity index (χ2n) is 9.92. The lowest BCUT2D eigenvalue weighted by Crippen LogP contribution is -2.51. The van der Waals surface area contributed by atoms with Crippen LogP contribution in [0.3, 0.4) is 0 Å². The molecule has 2 amide bonds. The van der Waals surface area contributed by atoms with E-state index in [1.807, 2.05) is 29.2 Å². The largest absolute Gasteiger partial charge is 0.378 e. The van der Waals surface area contributed by atoms with Gasteiger partial charge in [0.25, 0.3) is 11.8 Å². The predicted molar refractivity (Wildman–Crippen MR) is 129 cm³/mol. The van der Waals surface area contributed by atoms with Gasteiger partial charge in [0, 0.05) is 50.8 Å². The van der Waals surface area contributed by atoms with Crippen molar-refractivity contribution in [2.75, 3.05) is 44.3 Å². The van der Waals surface area contributed by atoms with Crippen molar-refractivity contribution in [2.24, 2.45) is 0 Å². The lowest BCUT2D eigenvalue weighted by molar-refractivity contribution is -0.136. The fourth-order valence-electron chi connectivity index (χ4n) is 5.91. The van der Waals surface area contributed by atoms with E-state index >= 15 is 0 Å². The number of morpholine rings is 1. The first kappa shape index (κ1) is 23.2. The van der Waals surface area contributed by atoms with Crippen LogP contribution >= 0.6 is 0 Å². The quantitative estimate of drug-likeness (QED) is 0.642. The normalized spacial score (nSPS) is 23.5. The lowest BCUT2D eigenvalue weighted by Gasteiger charge is -2.41. The van der Waals surface area contributed by atoms with Crippen LogP contribution in [0, 0.1) is 0 Å². The van der Waals surface area contributed by atoms with Crippen molar-refractivity contribution < 1.29 is 19.1 Å². The van der Waals surface area contributed by atoms with Crippen LogP contribution in [0.25, 0.3) is 0 Å². The maximum atomic E-state index is 13.8. The van der Waals surface area contributed by atoms with Gasteiger partial charge in [0.05, 0.1) is 24.5 Å². The minimum Gasteiger partial charge on any atom is -0.378 e. The van der Waals surface area contributed by atoms with Crippen LogP contribution in [0.15, 0.2) is 35.5 Å². The number of nitrogens with zero attached hydrogens (tertiary/aromatic N) is 3. The maximum absolute atomic E-state index is 13.8. The topological polar surface area (TPSA) is 70.2 Å². The van der Waals surface area contributed by atoms with Crippen LogP contribution in [0.2, 0.25) is 0 Å². The van der Waals surface area contributed by atoms with E-state index in [-0.39, 0.29) is 12.3 Å². The maximum Gasteiger partial charge on any atom is 0.299 e. The Labute approximate surface area is 201 Å². The van der Waals surface area contributed by atoms with E-state index in [4.69, 9.17) is 4.74 Å². The van der Waals surface area contributed by atoms with Crippen molar-refractivity contribution in [2.45, 2.75) is 63.8 Å². The van der Waals surface area contributed by atoms with Gasteiger partial charge >= 0.3 is 0 Å². The average molecular weight is 466 g/mol. The zero-order chi connectivity index (χ0) is 23.5. The predicted octanol–water partition coefficient (Wildman–Crippen LogP) is 3.08. The molecular weight excluding hydrogens is 430 g/mol. The Balaban J connectivity index is 1.51. The number of hydrogen-bond donors (Lipinski definition) is 0. The summed E-state index contributed by atoms with van der Waals surface area (Å²) in [6.07, 6.45) is 9.40. The Bertz CT molecular complexity index is 974. The smallest absolute Gasteiger partial charge is 0.299 e. The number of rotatable bonds is 3. The summed E-state index contributed by atoms with van der Waals surface area (Å²) in [5.74, 6) is -0.940. The highest BCUT2D eigenvalue weighted by molar-refractivity contribution is 6.44. The summed E-state index contributed by atoms with van der Waals surface area (Å²) in [6.45, 7) is 3.52. The van der Waals surface area contributed by atoms with Gasteiger partial charge in [0.15, 0.2) is 0 Å². The highest BCUT2D eigenvalue weighted by Gasteiger charge is 2.39. The Hall–Kier alpha value is -2.51. The Morgan fingerprint density at radius 2 is 1.62 bits per heavy atom. The number of ketones is 1. The number of benzene rings is 1. The number of fused-ring (bicyclic) bond motifs is 1. The number of carbonyl (C=O) groups excluding carboxylic acids is 3. The summed E-state index contributed by atoms with van der Waals surface area (Å²) >= 11 is 0. The molecule has 3 aliphatic heterocycles. The number of carbonyl (C=O) groups is 3. The highest BCUT2D eigenvalue weighted by atomic mass is 16.5. The van der Waals surface area contributed by atoms with Crippen LogP contribution in [0.5, 0.6) is 0 Å². The molecule has 1 aromatic rings. The SMILES string of the molecule is O=C1Cc2ccccc2N(C2=C(C(=O)N3CCOCC3)CN(C3CCCCCCC3)CC2)C1=O. The van der Waals surface area contributed by atoms with Crippen LogP contribution < -0.4 is 4.90 Å². The van der Waals surface area contributed by atoms with E-state index in [9.17, 15) is 14.4 Å². The first-order chi connectivity index (χ1) is 16.6. The minimum absolute atomic E-state index is 0.0165. The highest BCUT2D eigenvalue weighted by Crippen LogP contribution is 2.35. The van der Waals surface area contributed by atoms with Gasteiger partial charge in [-0.05, 0) is 24.5 Å². The molecule has 1 saturated heterocycles. The standard InChI is InChI=1S/C27H35N3O4/c31-25-18-20-8-6-7-11-23(20)30(27(25)33)24-12-13-29(21-9-4-2-1-3-5-10-21)19-22(24)26(32)28-14-16-34-17-15-28/h6-8,11,21H,1-5,9-10,12-19H2. The number of hydrogen-bond acceptors (Lipinski definition) is 5. The van der Waals surface area contributed by atoms with E-state index in [2.05, 4.69) is 4.90 Å². The molecular formula is C27H35N3O4.